The second kappa shape index (κ2) is 7.78. The molecule has 1 amide bonds. The SMILES string of the molecule is Cn1nc(C(F)(F)F)c(Br)c1C(=O)Nc1cnn(Cc2cccc(C(F)(F)F)c2)c1. The highest BCUT2D eigenvalue weighted by Crippen LogP contribution is 2.35. The molecule has 2 aromatic heterocycles. The van der Waals surface area contributed by atoms with Gasteiger partial charge < -0.3 is 5.32 Å². The number of aryl methyl sites for hydroxylation is 1. The van der Waals surface area contributed by atoms with Crippen LogP contribution in [0.2, 0.25) is 0 Å². The van der Waals surface area contributed by atoms with Gasteiger partial charge in [-0.15, -0.1) is 0 Å². The molecule has 0 bridgehead atoms. The van der Waals surface area contributed by atoms with E-state index in [9.17, 15) is 31.1 Å². The van der Waals surface area contributed by atoms with E-state index in [4.69, 9.17) is 0 Å². The van der Waals surface area contributed by atoms with E-state index >= 15 is 0 Å². The number of nitrogens with zero attached hydrogens (tertiary/aromatic N) is 4. The van der Waals surface area contributed by atoms with Gasteiger partial charge in [0.05, 0.1) is 28.5 Å². The predicted octanol–water partition coefficient (Wildman–Crippen LogP) is 4.72. The summed E-state index contributed by atoms with van der Waals surface area (Å²) >= 11 is 2.75. The minimum atomic E-state index is -4.75. The van der Waals surface area contributed by atoms with Crippen LogP contribution in [0.1, 0.15) is 27.3 Å². The number of carbonyl (C=O) groups excluding carboxylic acids is 1. The van der Waals surface area contributed by atoms with Gasteiger partial charge in [-0.05, 0) is 33.6 Å². The van der Waals surface area contributed by atoms with Crippen LogP contribution in [-0.2, 0) is 25.9 Å². The summed E-state index contributed by atoms with van der Waals surface area (Å²) in [6, 6.07) is 4.67. The largest absolute Gasteiger partial charge is 0.436 e. The monoisotopic (exact) mass is 495 g/mol. The van der Waals surface area contributed by atoms with Crippen LogP contribution in [0.15, 0.2) is 41.1 Å². The Morgan fingerprint density at radius 1 is 1.17 bits per heavy atom. The molecule has 1 aromatic carbocycles. The van der Waals surface area contributed by atoms with Gasteiger partial charge in [0, 0.05) is 13.2 Å². The van der Waals surface area contributed by atoms with Crippen LogP contribution in [0, 0.1) is 0 Å². The summed E-state index contributed by atoms with van der Waals surface area (Å²) in [7, 11) is 1.19. The number of amides is 1. The number of hydrogen-bond acceptors (Lipinski definition) is 3. The summed E-state index contributed by atoms with van der Waals surface area (Å²) in [5.41, 5.74) is -1.92. The highest BCUT2D eigenvalue weighted by molar-refractivity contribution is 9.10. The van der Waals surface area contributed by atoms with Crippen LogP contribution < -0.4 is 5.32 Å². The third kappa shape index (κ3) is 4.66. The molecule has 0 radical (unpaired) electrons. The molecule has 1 N–H and O–H groups in total. The van der Waals surface area contributed by atoms with E-state index in [1.165, 1.54) is 36.3 Å². The lowest BCUT2D eigenvalue weighted by atomic mass is 10.1. The van der Waals surface area contributed by atoms with Crippen LogP contribution in [0.3, 0.4) is 0 Å². The number of rotatable bonds is 4. The molecule has 0 saturated heterocycles. The maximum Gasteiger partial charge on any atom is 0.436 e. The zero-order chi connectivity index (χ0) is 22.3. The molecule has 0 fully saturated rings. The Morgan fingerprint density at radius 3 is 2.47 bits per heavy atom. The fourth-order valence-electron chi connectivity index (χ4n) is 2.66. The van der Waals surface area contributed by atoms with Crippen molar-refractivity contribution in [3.05, 3.63) is 63.6 Å². The van der Waals surface area contributed by atoms with Crippen molar-refractivity contribution in [3.63, 3.8) is 0 Å². The summed E-state index contributed by atoms with van der Waals surface area (Å²) in [6.07, 6.45) is -6.66. The number of anilines is 1. The van der Waals surface area contributed by atoms with Crippen molar-refractivity contribution in [2.45, 2.75) is 18.9 Å². The molecule has 2 heterocycles. The summed E-state index contributed by atoms with van der Waals surface area (Å²) < 4.78 is 78.7. The zero-order valence-electron chi connectivity index (χ0n) is 15.0. The molecule has 13 heteroatoms. The zero-order valence-corrected chi connectivity index (χ0v) is 16.6. The van der Waals surface area contributed by atoms with Crippen molar-refractivity contribution in [2.24, 2.45) is 7.05 Å². The lowest BCUT2D eigenvalue weighted by Gasteiger charge is -2.08. The summed E-state index contributed by atoms with van der Waals surface area (Å²) in [6.45, 7) is -0.00653. The van der Waals surface area contributed by atoms with E-state index in [-0.39, 0.29) is 17.9 Å². The normalized spacial score (nSPS) is 12.3. The highest BCUT2D eigenvalue weighted by atomic mass is 79.9. The molecule has 0 atom stereocenters. The number of aromatic nitrogens is 4. The first kappa shape index (κ1) is 21.9. The molecule has 0 unspecified atom stereocenters. The van der Waals surface area contributed by atoms with E-state index in [0.717, 1.165) is 16.8 Å². The van der Waals surface area contributed by atoms with Crippen molar-refractivity contribution < 1.29 is 31.1 Å². The topological polar surface area (TPSA) is 64.7 Å². The Labute approximate surface area is 173 Å². The lowest BCUT2D eigenvalue weighted by molar-refractivity contribution is -0.142. The van der Waals surface area contributed by atoms with Crippen LogP contribution in [0.25, 0.3) is 0 Å². The van der Waals surface area contributed by atoms with Gasteiger partial charge in [-0.3, -0.25) is 14.2 Å². The molecule has 0 aliphatic carbocycles. The Kier molecular flexibility index (Phi) is 5.67. The maximum atomic E-state index is 12.9. The lowest BCUT2D eigenvalue weighted by Crippen LogP contribution is -2.16. The quantitative estimate of drug-likeness (QED) is 0.532. The van der Waals surface area contributed by atoms with Gasteiger partial charge in [-0.1, -0.05) is 12.1 Å². The van der Waals surface area contributed by atoms with Crippen LogP contribution in [-0.4, -0.2) is 25.5 Å². The summed E-state index contributed by atoms with van der Waals surface area (Å²) in [4.78, 5) is 12.4. The van der Waals surface area contributed by atoms with Crippen molar-refractivity contribution in [1.82, 2.24) is 19.6 Å². The fourth-order valence-corrected chi connectivity index (χ4v) is 3.40. The Hall–Kier alpha value is -2.83. The molecule has 0 spiro atoms. The molecule has 30 heavy (non-hydrogen) atoms. The Bertz CT molecular complexity index is 1090. The van der Waals surface area contributed by atoms with E-state index in [2.05, 4.69) is 31.4 Å². The van der Waals surface area contributed by atoms with Crippen molar-refractivity contribution >= 4 is 27.5 Å². The van der Waals surface area contributed by atoms with Gasteiger partial charge in [0.2, 0.25) is 0 Å². The van der Waals surface area contributed by atoms with Gasteiger partial charge in [-0.2, -0.15) is 36.5 Å². The third-order valence-electron chi connectivity index (χ3n) is 3.96. The van der Waals surface area contributed by atoms with Crippen molar-refractivity contribution in [1.29, 1.82) is 0 Å². The average molecular weight is 496 g/mol. The molecule has 160 valence electrons. The van der Waals surface area contributed by atoms with Crippen molar-refractivity contribution in [3.8, 4) is 0 Å². The summed E-state index contributed by atoms with van der Waals surface area (Å²) in [5, 5.41) is 9.64. The van der Waals surface area contributed by atoms with Crippen LogP contribution in [0.4, 0.5) is 32.0 Å². The molecule has 0 saturated carbocycles. The fraction of sp³-hybridized carbons (Fsp3) is 0.235. The maximum absolute atomic E-state index is 12.9. The van der Waals surface area contributed by atoms with E-state index in [1.807, 2.05) is 0 Å². The van der Waals surface area contributed by atoms with E-state index in [1.54, 1.807) is 0 Å². The van der Waals surface area contributed by atoms with Gasteiger partial charge in [0.25, 0.3) is 5.91 Å². The first-order valence-electron chi connectivity index (χ1n) is 8.16. The van der Waals surface area contributed by atoms with Crippen LogP contribution in [0.5, 0.6) is 0 Å². The molecule has 0 aliphatic heterocycles. The average Bonchev–Trinajstić information content (AvgIpc) is 3.17. The van der Waals surface area contributed by atoms with Crippen molar-refractivity contribution in [2.75, 3.05) is 5.32 Å². The number of halogens is 7. The van der Waals surface area contributed by atoms with Gasteiger partial charge in [-0.25, -0.2) is 0 Å². The third-order valence-corrected chi connectivity index (χ3v) is 4.71. The Morgan fingerprint density at radius 2 is 1.87 bits per heavy atom. The highest BCUT2D eigenvalue weighted by Gasteiger charge is 2.39. The first-order valence-corrected chi connectivity index (χ1v) is 8.95. The number of hydrogen-bond donors (Lipinski definition) is 1. The number of alkyl halides is 6. The number of benzene rings is 1. The van der Waals surface area contributed by atoms with Gasteiger partial charge in [0.15, 0.2) is 5.69 Å². The minimum absolute atomic E-state index is 0.00653. The van der Waals surface area contributed by atoms with E-state index < -0.39 is 34.0 Å². The molecule has 0 aliphatic rings. The molecular weight excluding hydrogens is 484 g/mol. The number of carbonyl (C=O) groups is 1. The van der Waals surface area contributed by atoms with Gasteiger partial charge in [0.1, 0.15) is 5.69 Å². The Balaban J connectivity index is 1.75. The molecule has 6 nitrogen and oxygen atoms in total. The minimum Gasteiger partial charge on any atom is -0.318 e. The molecule has 3 rings (SSSR count). The summed E-state index contributed by atoms with van der Waals surface area (Å²) in [5.74, 6) is -0.869. The molecule has 3 aromatic rings. The second-order valence-corrected chi connectivity index (χ2v) is 7.00. The van der Waals surface area contributed by atoms with E-state index in [0.29, 0.717) is 5.56 Å². The first-order chi connectivity index (χ1) is 13.9. The smallest absolute Gasteiger partial charge is 0.318 e. The molecular formula is C17H12BrF6N5O. The number of nitrogens with one attached hydrogen (secondary N) is 1. The predicted molar refractivity (Wildman–Crippen MR) is 96.6 cm³/mol. The standard InChI is InChI=1S/C17H12BrF6N5O/c1-28-13(12(18)14(27-28)17(22,23)24)15(30)26-11-6-25-29(8-11)7-9-3-2-4-10(5-9)16(19,20)21/h2-6,8H,7H2,1H3,(H,26,30). The van der Waals surface area contributed by atoms with Gasteiger partial charge >= 0.3 is 12.4 Å². The second-order valence-electron chi connectivity index (χ2n) is 6.21. The van der Waals surface area contributed by atoms with Crippen LogP contribution >= 0.6 is 15.9 Å².